The number of carbonyl (C=O) groups excluding carboxylic acids is 1. The molecule has 33 heavy (non-hydrogen) atoms. The van der Waals surface area contributed by atoms with Gasteiger partial charge in [-0.1, -0.05) is 24.3 Å². The maximum atomic E-state index is 12.4. The number of hydrogen-bond donors (Lipinski definition) is 1. The summed E-state index contributed by atoms with van der Waals surface area (Å²) in [5.74, 6) is 0.553. The lowest BCUT2D eigenvalue weighted by Gasteiger charge is -2.26. The molecule has 0 aromatic heterocycles. The zero-order valence-corrected chi connectivity index (χ0v) is 20.1. The number of hydrogen-bond acceptors (Lipinski definition) is 6. The number of carbonyl (C=O) groups is 1. The Morgan fingerprint density at radius 2 is 1.82 bits per heavy atom. The molecule has 0 radical (unpaired) electrons. The molecular weight excluding hydrogens is 442 g/mol. The first-order chi connectivity index (χ1) is 15.8. The van der Waals surface area contributed by atoms with Gasteiger partial charge in [-0.05, 0) is 41.8 Å². The van der Waals surface area contributed by atoms with E-state index in [9.17, 15) is 13.2 Å². The Morgan fingerprint density at radius 3 is 2.48 bits per heavy atom. The van der Waals surface area contributed by atoms with E-state index in [1.165, 1.54) is 16.1 Å². The Labute approximate surface area is 196 Å². The van der Waals surface area contributed by atoms with Crippen molar-refractivity contribution >= 4 is 21.6 Å². The van der Waals surface area contributed by atoms with Crippen LogP contribution in [0, 0.1) is 0 Å². The van der Waals surface area contributed by atoms with E-state index in [2.05, 4.69) is 22.3 Å². The number of anilines is 1. The zero-order chi connectivity index (χ0) is 23.7. The van der Waals surface area contributed by atoms with E-state index in [1.807, 2.05) is 12.1 Å². The summed E-state index contributed by atoms with van der Waals surface area (Å²) in [6, 6.07) is 15.0. The normalized spacial score (nSPS) is 14.6. The van der Waals surface area contributed by atoms with Gasteiger partial charge in [0.25, 0.3) is 0 Å². The average Bonchev–Trinajstić information content (AvgIpc) is 2.81. The first-order valence-electron chi connectivity index (χ1n) is 11.1. The molecule has 0 unspecified atom stereocenters. The number of benzene rings is 2. The Morgan fingerprint density at radius 1 is 1.12 bits per heavy atom. The van der Waals surface area contributed by atoms with Crippen LogP contribution in [0.1, 0.15) is 24.0 Å². The summed E-state index contributed by atoms with van der Waals surface area (Å²) >= 11 is 0. The van der Waals surface area contributed by atoms with Crippen molar-refractivity contribution in [2.24, 2.45) is 0 Å². The maximum absolute atomic E-state index is 12.4. The smallest absolute Gasteiger partial charge is 0.232 e. The number of nitrogens with one attached hydrogen (secondary N) is 1. The largest absolute Gasteiger partial charge is 0.497 e. The monoisotopic (exact) mass is 475 g/mol. The molecule has 1 N–H and O–H groups in total. The van der Waals surface area contributed by atoms with Crippen molar-refractivity contribution in [1.82, 2.24) is 10.2 Å². The second-order valence-electron chi connectivity index (χ2n) is 8.12. The molecule has 0 saturated carbocycles. The van der Waals surface area contributed by atoms with Crippen LogP contribution in [0.3, 0.4) is 0 Å². The number of rotatable bonds is 11. The third-order valence-corrected chi connectivity index (χ3v) is 6.71. The lowest BCUT2D eigenvalue weighted by molar-refractivity contribution is -0.121. The van der Waals surface area contributed by atoms with Crippen molar-refractivity contribution in [3.05, 3.63) is 59.7 Å². The maximum Gasteiger partial charge on any atom is 0.232 e. The minimum absolute atomic E-state index is 0.100. The molecule has 8 nitrogen and oxygen atoms in total. The van der Waals surface area contributed by atoms with E-state index in [0.717, 1.165) is 38.4 Å². The highest BCUT2D eigenvalue weighted by molar-refractivity contribution is 7.92. The van der Waals surface area contributed by atoms with Crippen molar-refractivity contribution in [1.29, 1.82) is 0 Å². The number of ether oxygens (including phenoxy) is 2. The molecular formula is C24H33N3O5S. The van der Waals surface area contributed by atoms with Crippen LogP contribution in [0.25, 0.3) is 0 Å². The second-order valence-corrected chi connectivity index (χ2v) is 10.0. The minimum atomic E-state index is -3.46. The van der Waals surface area contributed by atoms with Crippen molar-refractivity contribution in [2.75, 3.05) is 50.5 Å². The lowest BCUT2D eigenvalue weighted by Crippen LogP contribution is -2.35. The molecule has 180 valence electrons. The van der Waals surface area contributed by atoms with Crippen LogP contribution in [0.15, 0.2) is 48.5 Å². The summed E-state index contributed by atoms with van der Waals surface area (Å²) < 4.78 is 36.3. The van der Waals surface area contributed by atoms with Gasteiger partial charge in [0.1, 0.15) is 5.75 Å². The molecule has 0 spiro atoms. The van der Waals surface area contributed by atoms with E-state index in [1.54, 1.807) is 31.4 Å². The number of morpholine rings is 1. The quantitative estimate of drug-likeness (QED) is 0.537. The summed E-state index contributed by atoms with van der Waals surface area (Å²) in [5, 5.41) is 2.94. The SMILES string of the molecule is COc1ccc(N(CCCC(=O)NCc2cccc(CN3CCOCC3)c2)S(C)(=O)=O)cc1. The molecule has 0 aliphatic carbocycles. The van der Waals surface area contributed by atoms with Crippen LogP contribution in [0.5, 0.6) is 5.75 Å². The average molecular weight is 476 g/mol. The van der Waals surface area contributed by atoms with Gasteiger partial charge in [0.15, 0.2) is 0 Å². The van der Waals surface area contributed by atoms with Crippen molar-refractivity contribution in [3.63, 3.8) is 0 Å². The van der Waals surface area contributed by atoms with Gasteiger partial charge < -0.3 is 14.8 Å². The fourth-order valence-corrected chi connectivity index (χ4v) is 4.73. The van der Waals surface area contributed by atoms with Gasteiger partial charge in [-0.25, -0.2) is 8.42 Å². The fourth-order valence-electron chi connectivity index (χ4n) is 3.76. The van der Waals surface area contributed by atoms with E-state index < -0.39 is 10.0 Å². The molecule has 1 aliphatic rings. The molecule has 0 bridgehead atoms. The lowest BCUT2D eigenvalue weighted by atomic mass is 10.1. The molecule has 1 heterocycles. The first-order valence-corrected chi connectivity index (χ1v) is 13.0. The Balaban J connectivity index is 1.46. The standard InChI is InChI=1S/C24H33N3O5S/c1-31-23-10-8-22(9-11-23)27(33(2,29)30)12-4-7-24(28)25-18-20-5-3-6-21(17-20)19-26-13-15-32-16-14-26/h3,5-6,8-11,17H,4,7,12-16,18-19H2,1-2H3,(H,25,28). The van der Waals surface area contributed by atoms with Gasteiger partial charge >= 0.3 is 0 Å². The van der Waals surface area contributed by atoms with E-state index in [0.29, 0.717) is 24.4 Å². The molecule has 1 amide bonds. The summed E-state index contributed by atoms with van der Waals surface area (Å²) in [4.78, 5) is 14.7. The molecule has 1 saturated heterocycles. The highest BCUT2D eigenvalue weighted by atomic mass is 32.2. The predicted molar refractivity (Wildman–Crippen MR) is 129 cm³/mol. The van der Waals surface area contributed by atoms with Gasteiger partial charge in [-0.2, -0.15) is 0 Å². The molecule has 9 heteroatoms. The highest BCUT2D eigenvalue weighted by Crippen LogP contribution is 2.22. The summed E-state index contributed by atoms with van der Waals surface area (Å²) in [6.07, 6.45) is 1.83. The number of methoxy groups -OCH3 is 1. The van der Waals surface area contributed by atoms with Crippen LogP contribution >= 0.6 is 0 Å². The van der Waals surface area contributed by atoms with Crippen LogP contribution in [0.4, 0.5) is 5.69 Å². The third kappa shape index (κ3) is 8.03. The molecule has 2 aromatic rings. The number of amides is 1. The van der Waals surface area contributed by atoms with Gasteiger partial charge in [-0.15, -0.1) is 0 Å². The number of nitrogens with zero attached hydrogens (tertiary/aromatic N) is 2. The molecule has 2 aromatic carbocycles. The van der Waals surface area contributed by atoms with Crippen LogP contribution in [0.2, 0.25) is 0 Å². The Bertz CT molecular complexity index is 1010. The fraction of sp³-hybridized carbons (Fsp3) is 0.458. The third-order valence-electron chi connectivity index (χ3n) is 5.52. The van der Waals surface area contributed by atoms with Crippen LogP contribution in [-0.4, -0.2) is 65.4 Å². The number of sulfonamides is 1. The minimum Gasteiger partial charge on any atom is -0.497 e. The topological polar surface area (TPSA) is 88.2 Å². The van der Waals surface area contributed by atoms with E-state index in [-0.39, 0.29) is 18.9 Å². The summed E-state index contributed by atoms with van der Waals surface area (Å²) in [7, 11) is -1.90. The van der Waals surface area contributed by atoms with Gasteiger partial charge in [0.2, 0.25) is 15.9 Å². The first kappa shape index (κ1) is 25.0. The molecule has 3 rings (SSSR count). The van der Waals surface area contributed by atoms with Crippen LogP contribution in [-0.2, 0) is 32.6 Å². The highest BCUT2D eigenvalue weighted by Gasteiger charge is 2.18. The Hall–Kier alpha value is -2.62. The second kappa shape index (κ2) is 12.0. The van der Waals surface area contributed by atoms with Crippen molar-refractivity contribution in [3.8, 4) is 5.75 Å². The summed E-state index contributed by atoms with van der Waals surface area (Å²) in [5.41, 5.74) is 2.81. The van der Waals surface area contributed by atoms with E-state index >= 15 is 0 Å². The van der Waals surface area contributed by atoms with Gasteiger partial charge in [-0.3, -0.25) is 14.0 Å². The Kier molecular flexibility index (Phi) is 9.11. The van der Waals surface area contributed by atoms with E-state index in [4.69, 9.17) is 9.47 Å². The van der Waals surface area contributed by atoms with Gasteiger partial charge in [0.05, 0.1) is 32.3 Å². The molecule has 1 fully saturated rings. The molecule has 0 atom stereocenters. The van der Waals surface area contributed by atoms with Crippen molar-refractivity contribution in [2.45, 2.75) is 25.9 Å². The van der Waals surface area contributed by atoms with Crippen molar-refractivity contribution < 1.29 is 22.7 Å². The molecule has 1 aliphatic heterocycles. The zero-order valence-electron chi connectivity index (χ0n) is 19.3. The van der Waals surface area contributed by atoms with Gasteiger partial charge in [0, 0.05) is 39.1 Å². The predicted octanol–water partition coefficient (Wildman–Crippen LogP) is 2.39. The summed E-state index contributed by atoms with van der Waals surface area (Å²) in [6.45, 7) is 4.95. The van der Waals surface area contributed by atoms with Crippen LogP contribution < -0.4 is 14.4 Å².